The summed E-state index contributed by atoms with van der Waals surface area (Å²) in [4.78, 5) is 27.5. The summed E-state index contributed by atoms with van der Waals surface area (Å²) in [5, 5.41) is 9.24. The lowest BCUT2D eigenvalue weighted by Crippen LogP contribution is -2.56. The van der Waals surface area contributed by atoms with E-state index >= 15 is 0 Å². The van der Waals surface area contributed by atoms with E-state index in [2.05, 4.69) is 0 Å². The maximum absolute atomic E-state index is 12.7. The lowest BCUT2D eigenvalue weighted by molar-refractivity contribution is -0.141. The number of carbonyl (C=O) groups excluding carboxylic acids is 1. The summed E-state index contributed by atoms with van der Waals surface area (Å²) >= 11 is 1.54. The van der Waals surface area contributed by atoms with Gasteiger partial charge in [0.25, 0.3) is 0 Å². The summed E-state index contributed by atoms with van der Waals surface area (Å²) in [6.45, 7) is 0.799. The first-order chi connectivity index (χ1) is 9.68. The summed E-state index contributed by atoms with van der Waals surface area (Å²) in [5.41, 5.74) is 0. The zero-order valence-corrected chi connectivity index (χ0v) is 12.5. The number of carbonyl (C=O) groups is 2. The predicted octanol–water partition coefficient (Wildman–Crippen LogP) is 2.22. The van der Waals surface area contributed by atoms with Gasteiger partial charge in [-0.2, -0.15) is 0 Å². The third-order valence-electron chi connectivity index (χ3n) is 4.90. The van der Waals surface area contributed by atoms with Crippen LogP contribution < -0.4 is 0 Å². The molecule has 1 unspecified atom stereocenters. The molecular formula is C14H22N2O3S. The van der Waals surface area contributed by atoms with Crippen molar-refractivity contribution in [3.05, 3.63) is 0 Å². The minimum Gasteiger partial charge on any atom is -0.480 e. The SMILES string of the molecule is O=C(O)C1CSCN1C(=O)N1CCC[C@H]2CCCC[C@H]21. The van der Waals surface area contributed by atoms with Gasteiger partial charge in [0.15, 0.2) is 0 Å². The average molecular weight is 298 g/mol. The summed E-state index contributed by atoms with van der Waals surface area (Å²) in [6, 6.07) is -0.333. The smallest absolute Gasteiger partial charge is 0.327 e. The van der Waals surface area contributed by atoms with Gasteiger partial charge in [0, 0.05) is 18.3 Å². The van der Waals surface area contributed by atoms with Crippen molar-refractivity contribution < 1.29 is 14.7 Å². The number of hydrogen-bond donors (Lipinski definition) is 1. The minimum atomic E-state index is -0.874. The van der Waals surface area contributed by atoms with Crippen LogP contribution in [-0.4, -0.2) is 57.2 Å². The number of thioether (sulfide) groups is 1. The van der Waals surface area contributed by atoms with Crippen LogP contribution in [0.2, 0.25) is 0 Å². The number of fused-ring (bicyclic) bond motifs is 1. The van der Waals surface area contributed by atoms with Crippen LogP contribution >= 0.6 is 11.8 Å². The van der Waals surface area contributed by atoms with Gasteiger partial charge in [0.1, 0.15) is 6.04 Å². The Morgan fingerprint density at radius 2 is 1.80 bits per heavy atom. The summed E-state index contributed by atoms with van der Waals surface area (Å²) < 4.78 is 0. The van der Waals surface area contributed by atoms with E-state index in [1.807, 2.05) is 4.90 Å². The Labute approximate surface area is 123 Å². The Morgan fingerprint density at radius 3 is 2.60 bits per heavy atom. The Bertz CT molecular complexity index is 402. The molecule has 0 radical (unpaired) electrons. The highest BCUT2D eigenvalue weighted by molar-refractivity contribution is 7.99. The first-order valence-electron chi connectivity index (χ1n) is 7.56. The second-order valence-electron chi connectivity index (χ2n) is 6.05. The van der Waals surface area contributed by atoms with Crippen molar-refractivity contribution in [2.75, 3.05) is 18.2 Å². The lowest BCUT2D eigenvalue weighted by Gasteiger charge is -2.45. The fraction of sp³-hybridized carbons (Fsp3) is 0.857. The highest BCUT2D eigenvalue weighted by Crippen LogP contribution is 2.36. The highest BCUT2D eigenvalue weighted by Gasteiger charge is 2.42. The van der Waals surface area contributed by atoms with Crippen LogP contribution in [0.25, 0.3) is 0 Å². The number of hydrogen-bond acceptors (Lipinski definition) is 3. The number of carboxylic acids is 1. The zero-order valence-electron chi connectivity index (χ0n) is 11.7. The van der Waals surface area contributed by atoms with Crippen molar-refractivity contribution in [3.63, 3.8) is 0 Å². The van der Waals surface area contributed by atoms with Gasteiger partial charge < -0.3 is 14.9 Å². The Balaban J connectivity index is 1.73. The summed E-state index contributed by atoms with van der Waals surface area (Å²) in [5.74, 6) is 0.799. The molecule has 0 aromatic carbocycles. The molecule has 0 spiro atoms. The number of urea groups is 1. The topological polar surface area (TPSA) is 60.9 Å². The monoisotopic (exact) mass is 298 g/mol. The van der Waals surface area contributed by atoms with E-state index in [-0.39, 0.29) is 6.03 Å². The number of aliphatic carboxylic acids is 1. The third kappa shape index (κ3) is 2.50. The number of carboxylic acid groups (broad SMARTS) is 1. The van der Waals surface area contributed by atoms with Crippen molar-refractivity contribution in [1.29, 1.82) is 0 Å². The standard InChI is InChI=1S/C14H22N2O3S/c17-13(18)12-8-20-9-16(12)14(19)15-7-3-5-10-4-1-2-6-11(10)15/h10-12H,1-9H2,(H,17,18)/t10-,11-,12?/m1/s1. The lowest BCUT2D eigenvalue weighted by atomic mass is 9.78. The number of likely N-dealkylation sites (tertiary alicyclic amines) is 1. The maximum atomic E-state index is 12.7. The molecule has 6 heteroatoms. The van der Waals surface area contributed by atoms with E-state index < -0.39 is 12.0 Å². The van der Waals surface area contributed by atoms with Crippen molar-refractivity contribution in [2.24, 2.45) is 5.92 Å². The molecule has 3 aliphatic rings. The fourth-order valence-electron chi connectivity index (χ4n) is 3.86. The molecule has 0 bridgehead atoms. The molecule has 3 rings (SSSR count). The van der Waals surface area contributed by atoms with Crippen LogP contribution in [0, 0.1) is 5.92 Å². The molecule has 20 heavy (non-hydrogen) atoms. The van der Waals surface area contributed by atoms with Crippen LogP contribution in [0.4, 0.5) is 4.79 Å². The van der Waals surface area contributed by atoms with Gasteiger partial charge in [-0.3, -0.25) is 0 Å². The average Bonchev–Trinajstić information content (AvgIpc) is 2.95. The van der Waals surface area contributed by atoms with Gasteiger partial charge in [0.05, 0.1) is 5.88 Å². The second-order valence-corrected chi connectivity index (χ2v) is 7.05. The normalized spacial score (nSPS) is 33.9. The number of rotatable bonds is 1. The number of piperidine rings is 1. The van der Waals surface area contributed by atoms with Gasteiger partial charge in [-0.1, -0.05) is 12.8 Å². The molecule has 1 saturated carbocycles. The fourth-order valence-corrected chi connectivity index (χ4v) is 5.00. The molecule has 1 aliphatic carbocycles. The van der Waals surface area contributed by atoms with Crippen molar-refractivity contribution >= 4 is 23.8 Å². The van der Waals surface area contributed by atoms with Crippen LogP contribution in [0.1, 0.15) is 38.5 Å². The van der Waals surface area contributed by atoms with E-state index in [9.17, 15) is 14.7 Å². The van der Waals surface area contributed by atoms with Gasteiger partial charge in [-0.05, 0) is 31.6 Å². The van der Waals surface area contributed by atoms with Crippen LogP contribution in [-0.2, 0) is 4.79 Å². The van der Waals surface area contributed by atoms with Gasteiger partial charge in [0.2, 0.25) is 0 Å². The molecule has 0 aromatic rings. The van der Waals surface area contributed by atoms with Crippen molar-refractivity contribution in [3.8, 4) is 0 Å². The van der Waals surface area contributed by atoms with Crippen molar-refractivity contribution in [2.45, 2.75) is 50.6 Å². The van der Waals surface area contributed by atoms with E-state index in [1.54, 1.807) is 4.90 Å². The predicted molar refractivity (Wildman–Crippen MR) is 77.7 cm³/mol. The Kier molecular flexibility index (Phi) is 4.10. The zero-order chi connectivity index (χ0) is 14.1. The molecule has 2 saturated heterocycles. The number of nitrogens with zero attached hydrogens (tertiary/aromatic N) is 2. The quantitative estimate of drug-likeness (QED) is 0.806. The Morgan fingerprint density at radius 1 is 1.05 bits per heavy atom. The molecule has 2 heterocycles. The van der Waals surface area contributed by atoms with E-state index in [4.69, 9.17) is 0 Å². The molecule has 3 fully saturated rings. The van der Waals surface area contributed by atoms with Crippen LogP contribution in [0.15, 0.2) is 0 Å². The van der Waals surface area contributed by atoms with E-state index in [0.717, 1.165) is 19.4 Å². The highest BCUT2D eigenvalue weighted by atomic mass is 32.2. The largest absolute Gasteiger partial charge is 0.480 e. The number of amides is 2. The van der Waals surface area contributed by atoms with Crippen LogP contribution in [0.5, 0.6) is 0 Å². The molecule has 5 nitrogen and oxygen atoms in total. The van der Waals surface area contributed by atoms with Gasteiger partial charge >= 0.3 is 12.0 Å². The molecule has 3 atom stereocenters. The maximum Gasteiger partial charge on any atom is 0.327 e. The minimum absolute atomic E-state index is 0.0426. The molecular weight excluding hydrogens is 276 g/mol. The molecule has 112 valence electrons. The molecule has 1 N–H and O–H groups in total. The Hall–Kier alpha value is -0.910. The third-order valence-corrected chi connectivity index (χ3v) is 5.91. The van der Waals surface area contributed by atoms with Crippen molar-refractivity contribution in [1.82, 2.24) is 9.80 Å². The molecule has 0 aromatic heterocycles. The summed E-state index contributed by atoms with van der Waals surface area (Å²) in [7, 11) is 0. The molecule has 2 amide bonds. The van der Waals surface area contributed by atoms with Gasteiger partial charge in [-0.25, -0.2) is 9.59 Å². The van der Waals surface area contributed by atoms with E-state index in [1.165, 1.54) is 37.4 Å². The summed E-state index contributed by atoms with van der Waals surface area (Å²) in [6.07, 6.45) is 7.08. The molecule has 2 aliphatic heterocycles. The first-order valence-corrected chi connectivity index (χ1v) is 8.71. The van der Waals surface area contributed by atoms with Gasteiger partial charge in [-0.15, -0.1) is 11.8 Å². The van der Waals surface area contributed by atoms with E-state index in [0.29, 0.717) is 23.6 Å². The second kappa shape index (κ2) is 5.84. The van der Waals surface area contributed by atoms with Crippen LogP contribution in [0.3, 0.4) is 0 Å². The first kappa shape index (κ1) is 14.0.